The monoisotopic (exact) mass is 415 g/mol. The van der Waals surface area contributed by atoms with Crippen molar-refractivity contribution in [2.45, 2.75) is 17.9 Å². The molecule has 0 bridgehead atoms. The predicted molar refractivity (Wildman–Crippen MR) is 103 cm³/mol. The average molecular weight is 416 g/mol. The van der Waals surface area contributed by atoms with E-state index in [1.54, 1.807) is 6.07 Å². The molecule has 1 amide bonds. The first kappa shape index (κ1) is 21.2. The fourth-order valence-electron chi connectivity index (χ4n) is 2.08. The summed E-state index contributed by atoms with van der Waals surface area (Å²) in [6.07, 6.45) is 1.04. The third kappa shape index (κ3) is 5.46. The molecule has 0 radical (unpaired) electrons. The zero-order valence-electron chi connectivity index (χ0n) is 14.9. The minimum absolute atomic E-state index is 0.0268. The highest BCUT2D eigenvalue weighted by Crippen LogP contribution is 2.26. The number of nitrogens with zero attached hydrogens (tertiary/aromatic N) is 1. The van der Waals surface area contributed by atoms with Gasteiger partial charge in [0.25, 0.3) is 11.5 Å². The number of thioether (sulfide) groups is 1. The number of pyridine rings is 1. The topological polar surface area (TPSA) is 94.7 Å². The lowest BCUT2D eigenvalue weighted by molar-refractivity contribution is -0.127. The van der Waals surface area contributed by atoms with Gasteiger partial charge in [-0.1, -0.05) is 11.6 Å². The van der Waals surface area contributed by atoms with Crippen molar-refractivity contribution in [3.8, 4) is 0 Å². The molecule has 146 valence electrons. The number of aromatic nitrogens is 1. The van der Waals surface area contributed by atoms with Crippen molar-refractivity contribution in [3.05, 3.63) is 51.0 Å². The molecule has 7 nitrogen and oxygen atoms in total. The number of aromatic amines is 1. The summed E-state index contributed by atoms with van der Waals surface area (Å²) in [5.74, 6) is -1.22. The molecular formula is C17H19ClFN3O4S. The van der Waals surface area contributed by atoms with E-state index in [0.29, 0.717) is 0 Å². The van der Waals surface area contributed by atoms with Gasteiger partial charge in [0.15, 0.2) is 0 Å². The maximum absolute atomic E-state index is 14.3. The SMILES string of the molecule is CSc1ccc(Nc2[nH]c(=O)c(Cl)cc2C(=O)N(C)OC[C@H](C)O)c(F)c1. The molecule has 0 aliphatic rings. The van der Waals surface area contributed by atoms with Gasteiger partial charge in [0.05, 0.1) is 17.4 Å². The van der Waals surface area contributed by atoms with Gasteiger partial charge in [-0.15, -0.1) is 11.8 Å². The number of nitrogens with one attached hydrogen (secondary N) is 2. The second kappa shape index (κ2) is 9.23. The molecule has 1 atom stereocenters. The number of halogens is 2. The van der Waals surface area contributed by atoms with Gasteiger partial charge in [0.2, 0.25) is 0 Å². The van der Waals surface area contributed by atoms with Crippen LogP contribution in [0.4, 0.5) is 15.9 Å². The van der Waals surface area contributed by atoms with Crippen LogP contribution < -0.4 is 10.9 Å². The fourth-order valence-corrected chi connectivity index (χ4v) is 2.66. The van der Waals surface area contributed by atoms with Gasteiger partial charge in [-0.3, -0.25) is 14.4 Å². The summed E-state index contributed by atoms with van der Waals surface area (Å²) in [6.45, 7) is 1.40. The first-order valence-corrected chi connectivity index (χ1v) is 9.45. The molecule has 0 saturated heterocycles. The molecule has 3 N–H and O–H groups in total. The van der Waals surface area contributed by atoms with Gasteiger partial charge in [0, 0.05) is 11.9 Å². The van der Waals surface area contributed by atoms with Crippen molar-refractivity contribution in [1.29, 1.82) is 0 Å². The highest BCUT2D eigenvalue weighted by atomic mass is 35.5. The number of anilines is 2. The van der Waals surface area contributed by atoms with Crippen molar-refractivity contribution in [3.63, 3.8) is 0 Å². The summed E-state index contributed by atoms with van der Waals surface area (Å²) in [7, 11) is 1.35. The van der Waals surface area contributed by atoms with Gasteiger partial charge in [-0.05, 0) is 37.4 Å². The first-order chi connectivity index (χ1) is 12.7. The van der Waals surface area contributed by atoms with Crippen LogP contribution in [-0.2, 0) is 4.84 Å². The zero-order chi connectivity index (χ0) is 20.1. The third-order valence-electron chi connectivity index (χ3n) is 3.46. The van der Waals surface area contributed by atoms with E-state index in [0.717, 1.165) is 9.96 Å². The molecule has 2 aromatic rings. The molecule has 1 aromatic heterocycles. The van der Waals surface area contributed by atoms with Crippen LogP contribution in [0.3, 0.4) is 0 Å². The van der Waals surface area contributed by atoms with Crippen LogP contribution in [-0.4, -0.2) is 47.1 Å². The van der Waals surface area contributed by atoms with Crippen LogP contribution in [0.25, 0.3) is 0 Å². The van der Waals surface area contributed by atoms with E-state index in [4.69, 9.17) is 16.4 Å². The van der Waals surface area contributed by atoms with Crippen molar-refractivity contribution in [1.82, 2.24) is 10.0 Å². The van der Waals surface area contributed by atoms with Gasteiger partial charge in [0.1, 0.15) is 23.3 Å². The molecule has 1 aromatic carbocycles. The third-order valence-corrected chi connectivity index (χ3v) is 4.46. The molecule has 0 aliphatic carbocycles. The van der Waals surface area contributed by atoms with Gasteiger partial charge >= 0.3 is 0 Å². The van der Waals surface area contributed by atoms with Crippen molar-refractivity contribution >= 4 is 40.8 Å². The number of hydrogen-bond donors (Lipinski definition) is 3. The number of aliphatic hydroxyl groups is 1. The number of hydroxylamine groups is 2. The molecule has 1 heterocycles. The van der Waals surface area contributed by atoms with E-state index in [2.05, 4.69) is 10.3 Å². The van der Waals surface area contributed by atoms with Crippen LogP contribution in [0.5, 0.6) is 0 Å². The molecular weight excluding hydrogens is 397 g/mol. The molecule has 2 rings (SSSR count). The predicted octanol–water partition coefficient (Wildman–Crippen LogP) is 3.02. The average Bonchev–Trinajstić information content (AvgIpc) is 2.63. The summed E-state index contributed by atoms with van der Waals surface area (Å²) in [6, 6.07) is 5.70. The minimum Gasteiger partial charge on any atom is -0.391 e. The lowest BCUT2D eigenvalue weighted by Crippen LogP contribution is -2.31. The number of H-pyrrole nitrogens is 1. The Hall–Kier alpha value is -2.07. The summed E-state index contributed by atoms with van der Waals surface area (Å²) in [5.41, 5.74) is -0.585. The molecule has 27 heavy (non-hydrogen) atoms. The van der Waals surface area contributed by atoms with Crippen molar-refractivity contribution in [2.24, 2.45) is 0 Å². The van der Waals surface area contributed by atoms with Crippen molar-refractivity contribution < 1.29 is 19.1 Å². The molecule has 0 unspecified atom stereocenters. The first-order valence-electron chi connectivity index (χ1n) is 7.85. The smallest absolute Gasteiger partial charge is 0.280 e. The van der Waals surface area contributed by atoms with Crippen LogP contribution in [0.1, 0.15) is 17.3 Å². The Kier molecular flexibility index (Phi) is 7.25. The quantitative estimate of drug-likeness (QED) is 0.475. The van der Waals surface area contributed by atoms with Gasteiger partial charge < -0.3 is 15.4 Å². The number of amides is 1. The maximum atomic E-state index is 14.3. The Morgan fingerprint density at radius 3 is 2.78 bits per heavy atom. The second-order valence-corrected chi connectivity index (χ2v) is 6.94. The second-order valence-electron chi connectivity index (χ2n) is 5.65. The normalized spacial score (nSPS) is 11.9. The molecule has 10 heteroatoms. The number of benzene rings is 1. The Bertz CT molecular complexity index is 891. The molecule has 0 fully saturated rings. The van der Waals surface area contributed by atoms with E-state index < -0.39 is 23.4 Å². The number of carbonyl (C=O) groups excluding carboxylic acids is 1. The maximum Gasteiger partial charge on any atom is 0.280 e. The summed E-state index contributed by atoms with van der Waals surface area (Å²) in [5, 5.41) is 12.7. The van der Waals surface area contributed by atoms with Crippen LogP contribution in [0, 0.1) is 5.82 Å². The van der Waals surface area contributed by atoms with E-state index in [1.807, 2.05) is 6.26 Å². The highest BCUT2D eigenvalue weighted by Gasteiger charge is 2.20. The van der Waals surface area contributed by atoms with E-state index in [-0.39, 0.29) is 28.7 Å². The molecule has 0 saturated carbocycles. The van der Waals surface area contributed by atoms with E-state index in [1.165, 1.54) is 43.9 Å². The summed E-state index contributed by atoms with van der Waals surface area (Å²) in [4.78, 5) is 32.8. The minimum atomic E-state index is -0.777. The molecule has 0 spiro atoms. The van der Waals surface area contributed by atoms with Gasteiger partial charge in [-0.2, -0.15) is 0 Å². The molecule has 0 aliphatic heterocycles. The largest absolute Gasteiger partial charge is 0.391 e. The van der Waals surface area contributed by atoms with E-state index in [9.17, 15) is 19.1 Å². The Morgan fingerprint density at radius 2 is 2.19 bits per heavy atom. The number of carbonyl (C=O) groups is 1. The Morgan fingerprint density at radius 1 is 1.48 bits per heavy atom. The summed E-state index contributed by atoms with van der Waals surface area (Å²) >= 11 is 7.22. The number of hydrogen-bond acceptors (Lipinski definition) is 6. The summed E-state index contributed by atoms with van der Waals surface area (Å²) < 4.78 is 14.3. The Balaban J connectivity index is 2.37. The van der Waals surface area contributed by atoms with Crippen molar-refractivity contribution in [2.75, 3.05) is 25.2 Å². The number of rotatable bonds is 7. The zero-order valence-corrected chi connectivity index (χ0v) is 16.4. The lowest BCUT2D eigenvalue weighted by atomic mass is 10.2. The van der Waals surface area contributed by atoms with E-state index >= 15 is 0 Å². The van der Waals surface area contributed by atoms with Crippen LogP contribution >= 0.6 is 23.4 Å². The van der Waals surface area contributed by atoms with Crippen LogP contribution in [0.2, 0.25) is 5.02 Å². The Labute approximate surface area is 164 Å². The van der Waals surface area contributed by atoms with Gasteiger partial charge in [-0.25, -0.2) is 9.45 Å². The standard InChI is InChI=1S/C17H19ClFN3O4S/c1-9(23)8-26-22(2)17(25)11-7-12(18)16(24)21-15(11)20-14-5-4-10(27-3)6-13(14)19/h4-7,9,23H,8H2,1-3H3,(H2,20,21,24)/t9-/m0/s1. The number of aliphatic hydroxyl groups excluding tert-OH is 1. The lowest BCUT2D eigenvalue weighted by Gasteiger charge is -2.20. The highest BCUT2D eigenvalue weighted by molar-refractivity contribution is 7.98. The van der Waals surface area contributed by atoms with Crippen LogP contribution in [0.15, 0.2) is 34.0 Å². The fraction of sp³-hybridized carbons (Fsp3) is 0.294.